The largest absolute Gasteiger partial charge is 0.305 e. The van der Waals surface area contributed by atoms with Gasteiger partial charge in [-0.3, -0.25) is 0 Å². The number of hydrogen-bond donors (Lipinski definition) is 0. The molecule has 0 N–H and O–H groups in total. The van der Waals surface area contributed by atoms with Crippen LogP contribution in [0.25, 0.3) is 74.6 Å². The summed E-state index contributed by atoms with van der Waals surface area (Å²) in [5.74, 6) is 0. The molecule has 0 aliphatic rings. The predicted octanol–water partition coefficient (Wildman–Crippen LogP) is 15.3. The summed E-state index contributed by atoms with van der Waals surface area (Å²) in [4.78, 5) is 19.6. The van der Waals surface area contributed by atoms with Crippen LogP contribution in [-0.4, -0.2) is 19.9 Å². The van der Waals surface area contributed by atoms with E-state index in [0.29, 0.717) is 0 Å². The van der Waals surface area contributed by atoms with Crippen LogP contribution >= 0.6 is 54.5 Å². The molecular formula is C52H32Br2Ir2N4S2-4. The van der Waals surface area contributed by atoms with E-state index >= 15 is 0 Å². The Bertz CT molecular complexity index is 2910. The molecule has 0 aliphatic carbocycles. The Morgan fingerprint density at radius 1 is 0.419 bits per heavy atom. The third-order valence-corrected chi connectivity index (χ3v) is 12.1. The molecule has 11 aromatic rings. The van der Waals surface area contributed by atoms with Crippen molar-refractivity contribution in [1.82, 2.24) is 19.9 Å². The van der Waals surface area contributed by atoms with E-state index < -0.39 is 0 Å². The second kappa shape index (κ2) is 23.5. The molecule has 6 aromatic heterocycles. The molecule has 5 aromatic carbocycles. The van der Waals surface area contributed by atoms with Gasteiger partial charge in [-0.15, -0.1) is 107 Å². The number of hydrogen-bond acceptors (Lipinski definition) is 6. The molecule has 4 nitrogen and oxygen atoms in total. The molecule has 0 unspecified atom stereocenters. The fourth-order valence-corrected chi connectivity index (χ4v) is 8.76. The fraction of sp³-hybridized carbons (Fsp3) is 0. The van der Waals surface area contributed by atoms with E-state index in [9.17, 15) is 0 Å². The molecule has 0 amide bonds. The van der Waals surface area contributed by atoms with Crippen molar-refractivity contribution in [1.29, 1.82) is 0 Å². The van der Waals surface area contributed by atoms with Gasteiger partial charge in [0.25, 0.3) is 0 Å². The summed E-state index contributed by atoms with van der Waals surface area (Å²) in [6, 6.07) is 69.4. The second-order valence-corrected chi connectivity index (χ2v) is 16.9. The van der Waals surface area contributed by atoms with Crippen molar-refractivity contribution < 1.29 is 40.2 Å². The van der Waals surface area contributed by atoms with E-state index in [0.717, 1.165) is 58.0 Å². The second-order valence-electron chi connectivity index (χ2n) is 13.0. The van der Waals surface area contributed by atoms with Gasteiger partial charge in [-0.05, 0) is 65.6 Å². The van der Waals surface area contributed by atoms with Gasteiger partial charge in [-0.2, -0.15) is 0 Å². The van der Waals surface area contributed by atoms with Gasteiger partial charge in [0.1, 0.15) is 0 Å². The number of aromatic nitrogens is 4. The number of pyridine rings is 4. The Kier molecular flexibility index (Phi) is 17.7. The normalized spacial score (nSPS) is 10.2. The van der Waals surface area contributed by atoms with Gasteiger partial charge in [-0.1, -0.05) is 126 Å². The molecule has 2 radical (unpaired) electrons. The van der Waals surface area contributed by atoms with E-state index in [1.54, 1.807) is 28.9 Å². The Balaban J connectivity index is 0.000000137. The minimum absolute atomic E-state index is 0. The Morgan fingerprint density at radius 2 is 0.887 bits per heavy atom. The molecule has 6 heterocycles. The zero-order chi connectivity index (χ0) is 40.9. The van der Waals surface area contributed by atoms with Gasteiger partial charge in [0.2, 0.25) is 0 Å². The van der Waals surface area contributed by atoms with E-state index in [2.05, 4.69) is 125 Å². The number of halogens is 2. The van der Waals surface area contributed by atoms with Gasteiger partial charge in [0, 0.05) is 76.4 Å². The first kappa shape index (κ1) is 46.6. The van der Waals surface area contributed by atoms with Gasteiger partial charge in [-0.25, -0.2) is 22.7 Å². The SMILES string of the molecule is Brc1cc[c-]c(-c2ccccn2)c1.Brc1cc[c-]c(-c2nccc3ccccc23)c1.[Ir].[Ir].[c-]1c(-c2ccccn2)sc2ccccc12.[c-]1c(-c2ccccn2)sc2ccccc12. The van der Waals surface area contributed by atoms with Crippen LogP contribution in [0, 0.1) is 24.3 Å². The summed E-state index contributed by atoms with van der Waals surface area (Å²) >= 11 is 10.4. The molecule has 10 heteroatoms. The summed E-state index contributed by atoms with van der Waals surface area (Å²) in [6.45, 7) is 0. The van der Waals surface area contributed by atoms with Crippen LogP contribution in [-0.2, 0) is 40.2 Å². The first-order valence-electron chi connectivity index (χ1n) is 18.8. The predicted molar refractivity (Wildman–Crippen MR) is 258 cm³/mol. The standard InChI is InChI=1S/C15H9BrN.2C13H8NS.C11H7BrN.2Ir/c16-13-6-3-5-12(10-13)15-14-7-2-1-4-11(14)8-9-17-15;2*1-2-7-12-10(5-1)9-13(15-12)11-6-3-4-8-14-11;12-10-5-3-4-9(8-10)11-6-1-2-7-13-11;;/h1-4,6-10H;2*1-8H;1-3,5-8H;;/q4*-1;;. The molecule has 0 fully saturated rings. The third kappa shape index (κ3) is 12.4. The maximum absolute atomic E-state index is 4.47. The van der Waals surface area contributed by atoms with Crippen LogP contribution in [0.15, 0.2) is 204 Å². The average molecular weight is 1320 g/mol. The molecule has 308 valence electrons. The summed E-state index contributed by atoms with van der Waals surface area (Å²) in [5.41, 5.74) is 5.94. The molecular weight excluding hydrogens is 1290 g/mol. The number of benzene rings is 5. The van der Waals surface area contributed by atoms with Crippen molar-refractivity contribution in [2.24, 2.45) is 0 Å². The average Bonchev–Trinajstić information content (AvgIpc) is 3.96. The molecule has 0 aliphatic heterocycles. The van der Waals surface area contributed by atoms with E-state index in [4.69, 9.17) is 0 Å². The number of fused-ring (bicyclic) bond motifs is 3. The molecule has 0 saturated carbocycles. The fourth-order valence-electron chi connectivity index (χ4n) is 6.08. The number of rotatable bonds is 4. The van der Waals surface area contributed by atoms with E-state index in [1.165, 1.54) is 25.6 Å². The van der Waals surface area contributed by atoms with E-state index in [-0.39, 0.29) is 40.2 Å². The van der Waals surface area contributed by atoms with Gasteiger partial charge in [0.05, 0.1) is 0 Å². The minimum atomic E-state index is 0. The summed E-state index contributed by atoms with van der Waals surface area (Å²) in [6.07, 6.45) is 7.25. The monoisotopic (exact) mass is 1320 g/mol. The van der Waals surface area contributed by atoms with Crippen LogP contribution in [0.3, 0.4) is 0 Å². The first-order valence-corrected chi connectivity index (χ1v) is 22.0. The molecule has 62 heavy (non-hydrogen) atoms. The van der Waals surface area contributed by atoms with Crippen molar-refractivity contribution in [2.75, 3.05) is 0 Å². The van der Waals surface area contributed by atoms with Crippen LogP contribution in [0.5, 0.6) is 0 Å². The zero-order valence-electron chi connectivity index (χ0n) is 32.5. The zero-order valence-corrected chi connectivity index (χ0v) is 42.1. The van der Waals surface area contributed by atoms with Crippen LogP contribution < -0.4 is 0 Å². The summed E-state index contributed by atoms with van der Waals surface area (Å²) < 4.78 is 4.61. The van der Waals surface area contributed by atoms with Crippen LogP contribution in [0.1, 0.15) is 0 Å². The summed E-state index contributed by atoms with van der Waals surface area (Å²) in [7, 11) is 0. The van der Waals surface area contributed by atoms with Crippen molar-refractivity contribution in [3.05, 3.63) is 228 Å². The van der Waals surface area contributed by atoms with Crippen LogP contribution in [0.4, 0.5) is 0 Å². The van der Waals surface area contributed by atoms with Gasteiger partial charge >= 0.3 is 0 Å². The maximum Gasteiger partial charge on any atom is 0.0167 e. The van der Waals surface area contributed by atoms with Crippen molar-refractivity contribution in [3.8, 4) is 43.7 Å². The third-order valence-electron chi connectivity index (χ3n) is 8.89. The smallest absolute Gasteiger partial charge is 0.0167 e. The number of nitrogens with zero attached hydrogens (tertiary/aromatic N) is 4. The molecule has 0 atom stereocenters. The first-order chi connectivity index (χ1) is 29.6. The quantitative estimate of drug-likeness (QED) is 0.165. The molecule has 0 spiro atoms. The van der Waals surface area contributed by atoms with Gasteiger partial charge in [0.15, 0.2) is 0 Å². The topological polar surface area (TPSA) is 51.6 Å². The minimum Gasteiger partial charge on any atom is -0.305 e. The van der Waals surface area contributed by atoms with Crippen molar-refractivity contribution in [3.63, 3.8) is 0 Å². The Hall–Kier alpha value is -4.86. The molecule has 0 bridgehead atoms. The van der Waals surface area contributed by atoms with E-state index in [1.807, 2.05) is 140 Å². The molecule has 0 saturated heterocycles. The van der Waals surface area contributed by atoms with Gasteiger partial charge < -0.3 is 19.9 Å². The van der Waals surface area contributed by atoms with Crippen molar-refractivity contribution >= 4 is 85.5 Å². The Morgan fingerprint density at radius 3 is 1.40 bits per heavy atom. The maximum atomic E-state index is 4.47. The van der Waals surface area contributed by atoms with Crippen molar-refractivity contribution in [2.45, 2.75) is 0 Å². The molecule has 11 rings (SSSR count). The number of thiophene rings is 2. The van der Waals surface area contributed by atoms with Crippen LogP contribution in [0.2, 0.25) is 0 Å². The Labute approximate surface area is 413 Å². The summed E-state index contributed by atoms with van der Waals surface area (Å²) in [5, 5.41) is 4.70.